The molecule has 2 rings (SSSR count). The van der Waals surface area contributed by atoms with E-state index >= 15 is 0 Å². The topological polar surface area (TPSA) is 46.2 Å². The number of hydrogen-bond acceptors (Lipinski definition) is 2. The van der Waals surface area contributed by atoms with Gasteiger partial charge in [0.15, 0.2) is 0 Å². The van der Waals surface area contributed by atoms with Crippen molar-refractivity contribution in [3.8, 4) is 5.75 Å². The van der Waals surface area contributed by atoms with Crippen LogP contribution in [-0.4, -0.2) is 5.11 Å². The summed E-state index contributed by atoms with van der Waals surface area (Å²) in [5.41, 5.74) is 7.13. The lowest BCUT2D eigenvalue weighted by Crippen LogP contribution is -2.23. The summed E-state index contributed by atoms with van der Waals surface area (Å²) in [6, 6.07) is 5.57. The van der Waals surface area contributed by atoms with Crippen molar-refractivity contribution in [3.05, 3.63) is 28.2 Å². The standard InChI is InChI=1S/C13H18BrNO/c14-10-6-7-11(12(16)8-10)13(15)9-4-2-1-3-5-9/h6-9,13,16H,1-5,15H2/t13-/m0/s1. The van der Waals surface area contributed by atoms with Crippen LogP contribution in [0.1, 0.15) is 43.7 Å². The quantitative estimate of drug-likeness (QED) is 0.869. The Kier molecular flexibility index (Phi) is 3.87. The second-order valence-corrected chi connectivity index (χ2v) is 5.54. The number of rotatable bonds is 2. The molecular formula is C13H18BrNO. The van der Waals surface area contributed by atoms with Crippen LogP contribution < -0.4 is 5.73 Å². The molecule has 0 saturated heterocycles. The summed E-state index contributed by atoms with van der Waals surface area (Å²) < 4.78 is 0.893. The van der Waals surface area contributed by atoms with Gasteiger partial charge in [-0.15, -0.1) is 0 Å². The van der Waals surface area contributed by atoms with E-state index in [4.69, 9.17) is 5.73 Å². The number of phenolic OH excluding ortho intramolecular Hbond substituents is 1. The minimum Gasteiger partial charge on any atom is -0.508 e. The fraction of sp³-hybridized carbons (Fsp3) is 0.538. The van der Waals surface area contributed by atoms with Crippen molar-refractivity contribution < 1.29 is 5.11 Å². The lowest BCUT2D eigenvalue weighted by Gasteiger charge is -2.28. The van der Waals surface area contributed by atoms with Crippen LogP contribution >= 0.6 is 15.9 Å². The first kappa shape index (κ1) is 11.9. The van der Waals surface area contributed by atoms with Crippen LogP contribution in [-0.2, 0) is 0 Å². The molecule has 2 nitrogen and oxygen atoms in total. The monoisotopic (exact) mass is 283 g/mol. The van der Waals surface area contributed by atoms with Gasteiger partial charge in [0.05, 0.1) is 0 Å². The third kappa shape index (κ3) is 2.58. The Hall–Kier alpha value is -0.540. The van der Waals surface area contributed by atoms with Crippen LogP contribution in [0.15, 0.2) is 22.7 Å². The predicted octanol–water partition coefficient (Wildman–Crippen LogP) is 3.73. The maximum absolute atomic E-state index is 9.88. The summed E-state index contributed by atoms with van der Waals surface area (Å²) in [5.74, 6) is 0.841. The molecule has 1 saturated carbocycles. The minimum atomic E-state index is -0.0200. The minimum absolute atomic E-state index is 0.0200. The van der Waals surface area contributed by atoms with E-state index in [0.29, 0.717) is 11.7 Å². The summed E-state index contributed by atoms with van der Waals surface area (Å²) in [5, 5.41) is 9.88. The molecule has 3 heteroatoms. The van der Waals surface area contributed by atoms with Gasteiger partial charge in [-0.2, -0.15) is 0 Å². The molecule has 0 radical (unpaired) electrons. The second-order valence-electron chi connectivity index (χ2n) is 4.63. The van der Waals surface area contributed by atoms with Gasteiger partial charge in [-0.3, -0.25) is 0 Å². The summed E-state index contributed by atoms with van der Waals surface area (Å²) in [6.45, 7) is 0. The zero-order valence-electron chi connectivity index (χ0n) is 9.32. The van der Waals surface area contributed by atoms with Crippen LogP contribution in [0.5, 0.6) is 5.75 Å². The van der Waals surface area contributed by atoms with E-state index in [2.05, 4.69) is 15.9 Å². The third-order valence-corrected chi connectivity index (χ3v) is 4.00. The number of nitrogens with two attached hydrogens (primary N) is 1. The normalized spacial score (nSPS) is 19.6. The average molecular weight is 284 g/mol. The molecule has 0 aromatic heterocycles. The zero-order chi connectivity index (χ0) is 11.5. The largest absolute Gasteiger partial charge is 0.508 e. The number of hydrogen-bond donors (Lipinski definition) is 2. The SMILES string of the molecule is N[C@H](c1ccc(Br)cc1O)C1CCCCC1. The van der Waals surface area contributed by atoms with Crippen molar-refractivity contribution in [1.29, 1.82) is 0 Å². The van der Waals surface area contributed by atoms with Crippen molar-refractivity contribution in [3.63, 3.8) is 0 Å². The number of phenols is 1. The molecule has 16 heavy (non-hydrogen) atoms. The average Bonchev–Trinajstić information content (AvgIpc) is 2.29. The third-order valence-electron chi connectivity index (χ3n) is 3.51. The smallest absolute Gasteiger partial charge is 0.121 e. The van der Waals surface area contributed by atoms with Crippen LogP contribution in [0.4, 0.5) is 0 Å². The first-order chi connectivity index (χ1) is 7.68. The zero-order valence-corrected chi connectivity index (χ0v) is 10.9. The van der Waals surface area contributed by atoms with E-state index in [0.717, 1.165) is 10.0 Å². The van der Waals surface area contributed by atoms with E-state index in [9.17, 15) is 5.11 Å². The number of halogens is 1. The maximum atomic E-state index is 9.88. The molecule has 0 aliphatic heterocycles. The lowest BCUT2D eigenvalue weighted by molar-refractivity contribution is 0.303. The Labute approximate surface area is 105 Å². The van der Waals surface area contributed by atoms with E-state index < -0.39 is 0 Å². The second kappa shape index (κ2) is 5.19. The Morgan fingerprint density at radius 3 is 2.56 bits per heavy atom. The summed E-state index contributed by atoms with van der Waals surface area (Å²) >= 11 is 3.34. The molecule has 1 fully saturated rings. The summed E-state index contributed by atoms with van der Waals surface area (Å²) in [4.78, 5) is 0. The highest BCUT2D eigenvalue weighted by molar-refractivity contribution is 9.10. The van der Waals surface area contributed by atoms with Gasteiger partial charge in [-0.1, -0.05) is 41.3 Å². The van der Waals surface area contributed by atoms with Gasteiger partial charge >= 0.3 is 0 Å². The fourth-order valence-corrected chi connectivity index (χ4v) is 2.89. The molecule has 1 aromatic carbocycles. The molecule has 3 N–H and O–H groups in total. The highest BCUT2D eigenvalue weighted by atomic mass is 79.9. The number of aromatic hydroxyl groups is 1. The molecule has 0 amide bonds. The van der Waals surface area contributed by atoms with Gasteiger partial charge in [0.25, 0.3) is 0 Å². The molecule has 0 heterocycles. The van der Waals surface area contributed by atoms with Gasteiger partial charge in [0.2, 0.25) is 0 Å². The molecule has 0 bridgehead atoms. The lowest BCUT2D eigenvalue weighted by atomic mass is 9.81. The van der Waals surface area contributed by atoms with Gasteiger partial charge < -0.3 is 10.8 Å². The first-order valence-electron chi connectivity index (χ1n) is 5.92. The van der Waals surface area contributed by atoms with E-state index in [-0.39, 0.29) is 6.04 Å². The van der Waals surface area contributed by atoms with E-state index in [1.54, 1.807) is 6.07 Å². The summed E-state index contributed by atoms with van der Waals surface area (Å²) in [6.07, 6.45) is 6.26. The van der Waals surface area contributed by atoms with E-state index in [1.165, 1.54) is 32.1 Å². The molecule has 1 aromatic rings. The molecule has 1 atom stereocenters. The fourth-order valence-electron chi connectivity index (χ4n) is 2.55. The van der Waals surface area contributed by atoms with E-state index in [1.807, 2.05) is 12.1 Å². The van der Waals surface area contributed by atoms with Gasteiger partial charge in [0.1, 0.15) is 5.75 Å². The molecule has 0 spiro atoms. The number of benzene rings is 1. The van der Waals surface area contributed by atoms with Gasteiger partial charge in [0, 0.05) is 16.1 Å². The molecule has 0 unspecified atom stereocenters. The Bertz CT molecular complexity index is 361. The van der Waals surface area contributed by atoms with Crippen molar-refractivity contribution in [2.24, 2.45) is 11.7 Å². The van der Waals surface area contributed by atoms with Crippen molar-refractivity contribution in [2.75, 3.05) is 0 Å². The van der Waals surface area contributed by atoms with Crippen LogP contribution in [0.25, 0.3) is 0 Å². The summed E-state index contributed by atoms with van der Waals surface area (Å²) in [7, 11) is 0. The van der Waals surface area contributed by atoms with Gasteiger partial charge in [-0.05, 0) is 30.9 Å². The van der Waals surface area contributed by atoms with Crippen molar-refractivity contribution >= 4 is 15.9 Å². The molecule has 1 aliphatic rings. The van der Waals surface area contributed by atoms with Gasteiger partial charge in [-0.25, -0.2) is 0 Å². The predicted molar refractivity (Wildman–Crippen MR) is 69.3 cm³/mol. The highest BCUT2D eigenvalue weighted by Crippen LogP contribution is 2.36. The van der Waals surface area contributed by atoms with Crippen LogP contribution in [0, 0.1) is 5.92 Å². The Morgan fingerprint density at radius 1 is 1.25 bits per heavy atom. The maximum Gasteiger partial charge on any atom is 0.121 e. The van der Waals surface area contributed by atoms with Crippen LogP contribution in [0.2, 0.25) is 0 Å². The van der Waals surface area contributed by atoms with Crippen molar-refractivity contribution in [2.45, 2.75) is 38.1 Å². The van der Waals surface area contributed by atoms with Crippen molar-refractivity contribution in [1.82, 2.24) is 0 Å². The Balaban J connectivity index is 2.15. The highest BCUT2D eigenvalue weighted by Gasteiger charge is 2.23. The molecule has 1 aliphatic carbocycles. The van der Waals surface area contributed by atoms with Crippen LogP contribution in [0.3, 0.4) is 0 Å². The molecular weight excluding hydrogens is 266 g/mol. The molecule has 88 valence electrons. The Morgan fingerprint density at radius 2 is 1.94 bits per heavy atom. The first-order valence-corrected chi connectivity index (χ1v) is 6.72.